The summed E-state index contributed by atoms with van der Waals surface area (Å²) in [6.45, 7) is 0.334. The molecule has 2 atom stereocenters. The number of carbonyl (C=O) groups is 3. The minimum atomic E-state index is -0.805. The highest BCUT2D eigenvalue weighted by atomic mass is 19.1. The van der Waals surface area contributed by atoms with Crippen LogP contribution < -0.4 is 5.32 Å². The van der Waals surface area contributed by atoms with Gasteiger partial charge >= 0.3 is 5.97 Å². The van der Waals surface area contributed by atoms with E-state index in [0.717, 1.165) is 19.3 Å². The lowest BCUT2D eigenvalue weighted by Crippen LogP contribution is -2.37. The fraction of sp³-hybridized carbons (Fsp3) is 0.500. The van der Waals surface area contributed by atoms with Gasteiger partial charge in [0.15, 0.2) is 5.78 Å². The molecule has 1 aromatic rings. The fourth-order valence-corrected chi connectivity index (χ4v) is 3.12. The highest BCUT2D eigenvalue weighted by molar-refractivity contribution is 5.97. The second-order valence-electron chi connectivity index (χ2n) is 6.22. The molecule has 0 heterocycles. The Bertz CT molecular complexity index is 600. The molecule has 2 rings (SSSR count). The molecule has 1 saturated carbocycles. The number of ketones is 1. The number of amides is 1. The van der Waals surface area contributed by atoms with E-state index in [1.807, 2.05) is 0 Å². The van der Waals surface area contributed by atoms with Crippen LogP contribution in [0.3, 0.4) is 0 Å². The van der Waals surface area contributed by atoms with Crippen LogP contribution in [0.25, 0.3) is 0 Å². The molecule has 1 aromatic carbocycles. The van der Waals surface area contributed by atoms with Gasteiger partial charge in [-0.3, -0.25) is 14.4 Å². The number of aliphatic carboxylic acids is 1. The van der Waals surface area contributed by atoms with Crippen LogP contribution in [0.4, 0.5) is 4.39 Å². The van der Waals surface area contributed by atoms with Crippen LogP contribution >= 0.6 is 0 Å². The maximum atomic E-state index is 12.8. The summed E-state index contributed by atoms with van der Waals surface area (Å²) in [4.78, 5) is 35.0. The van der Waals surface area contributed by atoms with Gasteiger partial charge in [-0.05, 0) is 43.0 Å². The first-order valence-electron chi connectivity index (χ1n) is 8.25. The Balaban J connectivity index is 1.75. The third-order valence-electron chi connectivity index (χ3n) is 4.53. The van der Waals surface area contributed by atoms with E-state index in [1.54, 1.807) is 0 Å². The number of nitrogens with one attached hydrogen (secondary N) is 1. The first kappa shape index (κ1) is 18.1. The molecule has 5 nitrogen and oxygen atoms in total. The van der Waals surface area contributed by atoms with E-state index in [4.69, 9.17) is 0 Å². The van der Waals surface area contributed by atoms with E-state index >= 15 is 0 Å². The maximum absolute atomic E-state index is 12.8. The molecule has 130 valence electrons. The summed E-state index contributed by atoms with van der Waals surface area (Å²) in [5.41, 5.74) is 0.377. The summed E-state index contributed by atoms with van der Waals surface area (Å²) < 4.78 is 12.8. The summed E-state index contributed by atoms with van der Waals surface area (Å²) in [5, 5.41) is 12.0. The smallest absolute Gasteiger partial charge is 0.306 e. The number of hydrogen-bond acceptors (Lipinski definition) is 3. The van der Waals surface area contributed by atoms with Crippen molar-refractivity contribution < 1.29 is 23.9 Å². The number of carboxylic acid groups (broad SMARTS) is 1. The lowest BCUT2D eigenvalue weighted by molar-refractivity contribution is -0.145. The molecule has 0 aromatic heterocycles. The molecule has 0 spiro atoms. The maximum Gasteiger partial charge on any atom is 0.306 e. The Morgan fingerprint density at radius 3 is 2.42 bits per heavy atom. The number of Topliss-reactive ketones (excluding diaryl/α,β-unsaturated/α-hetero) is 1. The van der Waals surface area contributed by atoms with Crippen LogP contribution in [0.5, 0.6) is 0 Å². The van der Waals surface area contributed by atoms with E-state index in [9.17, 15) is 23.9 Å². The Morgan fingerprint density at radius 2 is 1.75 bits per heavy atom. The van der Waals surface area contributed by atoms with Crippen molar-refractivity contribution in [2.75, 3.05) is 6.54 Å². The third-order valence-corrected chi connectivity index (χ3v) is 4.53. The molecular formula is C18H22FNO4. The van der Waals surface area contributed by atoms with Crippen LogP contribution in [-0.2, 0) is 9.59 Å². The first-order valence-corrected chi connectivity index (χ1v) is 8.25. The topological polar surface area (TPSA) is 83.5 Å². The van der Waals surface area contributed by atoms with E-state index in [2.05, 4.69) is 5.32 Å². The van der Waals surface area contributed by atoms with Crippen molar-refractivity contribution in [2.24, 2.45) is 11.8 Å². The highest BCUT2D eigenvalue weighted by Gasteiger charge is 2.30. The van der Waals surface area contributed by atoms with Gasteiger partial charge in [-0.2, -0.15) is 0 Å². The molecule has 1 fully saturated rings. The van der Waals surface area contributed by atoms with Crippen molar-refractivity contribution in [1.29, 1.82) is 0 Å². The number of carbonyl (C=O) groups excluding carboxylic acids is 2. The van der Waals surface area contributed by atoms with Crippen LogP contribution in [0.2, 0.25) is 0 Å². The van der Waals surface area contributed by atoms with Gasteiger partial charge in [-0.1, -0.05) is 12.8 Å². The second kappa shape index (κ2) is 8.57. The molecular weight excluding hydrogens is 313 g/mol. The Labute approximate surface area is 140 Å². The molecule has 2 N–H and O–H groups in total. The van der Waals surface area contributed by atoms with Crippen molar-refractivity contribution in [3.05, 3.63) is 35.6 Å². The van der Waals surface area contributed by atoms with E-state index < -0.39 is 17.7 Å². The molecule has 1 aliphatic rings. The quantitative estimate of drug-likeness (QED) is 0.751. The number of benzene rings is 1. The van der Waals surface area contributed by atoms with Gasteiger partial charge in [-0.25, -0.2) is 4.39 Å². The van der Waals surface area contributed by atoms with E-state index in [1.165, 1.54) is 24.3 Å². The van der Waals surface area contributed by atoms with Crippen molar-refractivity contribution in [3.8, 4) is 0 Å². The van der Waals surface area contributed by atoms with Crippen molar-refractivity contribution in [3.63, 3.8) is 0 Å². The van der Waals surface area contributed by atoms with Crippen molar-refractivity contribution in [2.45, 2.75) is 38.5 Å². The standard InChI is InChI=1S/C18H22FNO4/c19-14-7-5-12(6-8-14)16(21)9-10-17(22)20-11-13-3-1-2-4-15(13)18(23)24/h5-8,13,15H,1-4,9-11H2,(H,20,22)(H,23,24)/t13-,15-/m0/s1. The third kappa shape index (κ3) is 5.15. The van der Waals surface area contributed by atoms with Crippen molar-refractivity contribution in [1.82, 2.24) is 5.32 Å². The van der Waals surface area contributed by atoms with Crippen molar-refractivity contribution >= 4 is 17.7 Å². The van der Waals surface area contributed by atoms with Gasteiger partial charge in [0.25, 0.3) is 0 Å². The first-order chi connectivity index (χ1) is 11.5. The predicted octanol–water partition coefficient (Wildman–Crippen LogP) is 2.80. The lowest BCUT2D eigenvalue weighted by atomic mass is 9.79. The van der Waals surface area contributed by atoms with Gasteiger partial charge in [0, 0.05) is 24.9 Å². The predicted molar refractivity (Wildman–Crippen MR) is 86.1 cm³/mol. The normalized spacial score (nSPS) is 20.4. The molecule has 1 amide bonds. The number of rotatable bonds is 7. The number of halogens is 1. The minimum absolute atomic E-state index is 0.0423. The molecule has 24 heavy (non-hydrogen) atoms. The molecule has 0 saturated heterocycles. The zero-order chi connectivity index (χ0) is 17.5. The Morgan fingerprint density at radius 1 is 1.08 bits per heavy atom. The largest absolute Gasteiger partial charge is 0.481 e. The van der Waals surface area contributed by atoms with Crippen LogP contribution in [0, 0.1) is 17.7 Å². The molecule has 1 aliphatic carbocycles. The minimum Gasteiger partial charge on any atom is -0.481 e. The van der Waals surface area contributed by atoms with Crippen LogP contribution in [0.15, 0.2) is 24.3 Å². The molecule has 6 heteroatoms. The molecule has 0 radical (unpaired) electrons. The van der Waals surface area contributed by atoms with Gasteiger partial charge in [0.2, 0.25) is 5.91 Å². The summed E-state index contributed by atoms with van der Waals surface area (Å²) >= 11 is 0. The Kier molecular flexibility index (Phi) is 6.46. The number of hydrogen-bond donors (Lipinski definition) is 2. The van der Waals surface area contributed by atoms with Gasteiger partial charge in [-0.15, -0.1) is 0 Å². The van der Waals surface area contributed by atoms with E-state index in [0.29, 0.717) is 18.5 Å². The fourth-order valence-electron chi connectivity index (χ4n) is 3.12. The number of carboxylic acids is 1. The van der Waals surface area contributed by atoms with Gasteiger partial charge in [0.05, 0.1) is 5.92 Å². The summed E-state index contributed by atoms with van der Waals surface area (Å²) in [5.74, 6) is -2.15. The summed E-state index contributed by atoms with van der Waals surface area (Å²) in [7, 11) is 0. The summed E-state index contributed by atoms with van der Waals surface area (Å²) in [6, 6.07) is 5.22. The molecule has 0 aliphatic heterocycles. The second-order valence-corrected chi connectivity index (χ2v) is 6.22. The van der Waals surface area contributed by atoms with Crippen LogP contribution in [0.1, 0.15) is 48.9 Å². The lowest BCUT2D eigenvalue weighted by Gasteiger charge is -2.28. The van der Waals surface area contributed by atoms with Gasteiger partial charge in [0.1, 0.15) is 5.82 Å². The molecule has 0 bridgehead atoms. The van der Waals surface area contributed by atoms with Gasteiger partial charge < -0.3 is 10.4 Å². The zero-order valence-electron chi connectivity index (χ0n) is 13.5. The zero-order valence-corrected chi connectivity index (χ0v) is 13.5. The molecule has 0 unspecified atom stereocenters. The van der Waals surface area contributed by atoms with Crippen LogP contribution in [-0.4, -0.2) is 29.3 Å². The van der Waals surface area contributed by atoms with E-state index in [-0.39, 0.29) is 30.4 Å². The average molecular weight is 335 g/mol. The summed E-state index contributed by atoms with van der Waals surface area (Å²) in [6.07, 6.45) is 3.43. The monoisotopic (exact) mass is 335 g/mol. The SMILES string of the molecule is O=C(CCC(=O)c1ccc(F)cc1)NC[C@@H]1CCCC[C@@H]1C(=O)O. The average Bonchev–Trinajstić information content (AvgIpc) is 2.58. The Hall–Kier alpha value is -2.24. The highest BCUT2D eigenvalue weighted by Crippen LogP contribution is 2.29.